The van der Waals surface area contributed by atoms with Crippen molar-refractivity contribution >= 4 is 48.9 Å². The Morgan fingerprint density at radius 3 is 2.35 bits per heavy atom. The van der Waals surface area contributed by atoms with Crippen LogP contribution in [-0.2, 0) is 14.4 Å². The van der Waals surface area contributed by atoms with Gasteiger partial charge in [-0.2, -0.15) is 12.6 Å². The molecule has 1 aromatic carbocycles. The van der Waals surface area contributed by atoms with E-state index in [2.05, 4.69) is 30.0 Å². The van der Waals surface area contributed by atoms with Crippen LogP contribution in [0.1, 0.15) is 44.6 Å². The van der Waals surface area contributed by atoms with E-state index in [1.165, 1.54) is 4.90 Å². The summed E-state index contributed by atoms with van der Waals surface area (Å²) >= 11 is 3.53. The molecule has 31 heavy (non-hydrogen) atoms. The van der Waals surface area contributed by atoms with Crippen molar-refractivity contribution in [1.29, 1.82) is 5.26 Å². The molecule has 7 nitrogen and oxygen atoms in total. The van der Waals surface area contributed by atoms with Crippen LogP contribution >= 0.6 is 12.6 Å². The van der Waals surface area contributed by atoms with Gasteiger partial charge in [0.1, 0.15) is 6.04 Å². The zero-order valence-electron chi connectivity index (χ0n) is 17.8. The van der Waals surface area contributed by atoms with Crippen LogP contribution in [0.15, 0.2) is 18.2 Å². The van der Waals surface area contributed by atoms with E-state index in [9.17, 15) is 14.4 Å². The predicted molar refractivity (Wildman–Crippen MR) is 130 cm³/mol. The van der Waals surface area contributed by atoms with Gasteiger partial charge in [0.15, 0.2) is 0 Å². The lowest BCUT2D eigenvalue weighted by Gasteiger charge is -2.34. The van der Waals surface area contributed by atoms with Crippen LogP contribution in [0.2, 0.25) is 12.6 Å². The standard InChI is InChI=1S/C20H25BN4O3.CH4S.CH4/c1-24(13-26)18-11-15(14-7-9-21(12-22)10-8-14)3-4-16(18)25(2)17-5-6-19(27)23-20(17)28;1-2;/h3-4,11,13-14,17H,5-10H2,1-2H3,(H,23,27,28);2H,1H3;1H4. The molecule has 0 spiro atoms. The summed E-state index contributed by atoms with van der Waals surface area (Å²) in [6.45, 7) is 0.145. The van der Waals surface area contributed by atoms with E-state index >= 15 is 0 Å². The topological polar surface area (TPSA) is 93.5 Å². The molecule has 0 bridgehead atoms. The Morgan fingerprint density at radius 1 is 1.16 bits per heavy atom. The molecule has 1 N–H and O–H groups in total. The lowest BCUT2D eigenvalue weighted by molar-refractivity contribution is -0.134. The first-order valence-corrected chi connectivity index (χ1v) is 11.1. The Morgan fingerprint density at radius 2 is 1.81 bits per heavy atom. The van der Waals surface area contributed by atoms with Crippen LogP contribution in [0.5, 0.6) is 0 Å². The number of carbonyl (C=O) groups is 3. The molecule has 2 saturated heterocycles. The fraction of sp³-hybridized carbons (Fsp3) is 0.545. The Kier molecular flexibility index (Phi) is 10.6. The third-order valence-corrected chi connectivity index (χ3v) is 5.98. The van der Waals surface area contributed by atoms with Crippen molar-refractivity contribution in [1.82, 2.24) is 5.32 Å². The van der Waals surface area contributed by atoms with Crippen molar-refractivity contribution in [2.75, 3.05) is 30.2 Å². The van der Waals surface area contributed by atoms with E-state index in [0.29, 0.717) is 18.8 Å². The van der Waals surface area contributed by atoms with E-state index in [-0.39, 0.29) is 26.0 Å². The fourth-order valence-corrected chi connectivity index (χ4v) is 4.21. The summed E-state index contributed by atoms with van der Waals surface area (Å²) in [6.07, 6.45) is 6.93. The molecule has 168 valence electrons. The number of thiol groups is 1. The van der Waals surface area contributed by atoms with Crippen LogP contribution in [0.25, 0.3) is 0 Å². The number of piperidine rings is 1. The van der Waals surface area contributed by atoms with Crippen molar-refractivity contribution in [3.05, 3.63) is 23.8 Å². The number of benzene rings is 1. The van der Waals surface area contributed by atoms with Gasteiger partial charge in [0, 0.05) is 26.5 Å². The molecule has 0 saturated carbocycles. The minimum Gasteiger partial charge on any atom is -0.361 e. The molecule has 3 amide bonds. The monoisotopic (exact) mass is 444 g/mol. The number of nitriles is 1. The number of anilines is 2. The average molecular weight is 444 g/mol. The maximum Gasteiger partial charge on any atom is 0.267 e. The largest absolute Gasteiger partial charge is 0.361 e. The molecule has 2 heterocycles. The maximum atomic E-state index is 12.3. The zero-order chi connectivity index (χ0) is 22.3. The average Bonchev–Trinajstić information content (AvgIpc) is 2.79. The van der Waals surface area contributed by atoms with Crippen molar-refractivity contribution in [2.45, 2.75) is 57.7 Å². The number of carbonyl (C=O) groups excluding carboxylic acids is 3. The van der Waals surface area contributed by atoms with Crippen molar-refractivity contribution in [3.8, 4) is 5.97 Å². The Bertz CT molecular complexity index is 821. The Hall–Kier alpha value is -2.47. The number of hydrogen-bond acceptors (Lipinski definition) is 6. The molecular weight excluding hydrogens is 411 g/mol. The zero-order valence-corrected chi connectivity index (χ0v) is 18.7. The number of likely N-dealkylation sites (N-methyl/N-ethyl adjacent to an activating group) is 1. The van der Waals surface area contributed by atoms with Crippen molar-refractivity contribution < 1.29 is 14.4 Å². The van der Waals surface area contributed by atoms with Gasteiger partial charge >= 0.3 is 0 Å². The SMILES string of the molecule is C.CN(C=O)c1cc(C2CCB(C#N)CC2)ccc1N(C)C1CCC(=O)NC1=O.CS. The van der Waals surface area contributed by atoms with E-state index in [0.717, 1.165) is 48.8 Å². The number of amides is 3. The molecule has 2 aliphatic heterocycles. The first-order valence-electron chi connectivity index (χ1n) is 10.2. The second-order valence-electron chi connectivity index (χ2n) is 7.72. The van der Waals surface area contributed by atoms with E-state index in [1.54, 1.807) is 13.3 Å². The van der Waals surface area contributed by atoms with Gasteiger partial charge in [0.2, 0.25) is 18.2 Å². The van der Waals surface area contributed by atoms with Crippen LogP contribution < -0.4 is 15.1 Å². The van der Waals surface area contributed by atoms with E-state index in [4.69, 9.17) is 5.26 Å². The van der Waals surface area contributed by atoms with Crippen LogP contribution in [0, 0.1) is 11.2 Å². The highest BCUT2D eigenvalue weighted by Gasteiger charge is 2.32. The second kappa shape index (κ2) is 12.4. The molecule has 1 atom stereocenters. The number of hydrogen-bond donors (Lipinski definition) is 2. The van der Waals surface area contributed by atoms with Crippen molar-refractivity contribution in [3.63, 3.8) is 0 Å². The second-order valence-corrected chi connectivity index (χ2v) is 7.72. The molecular formula is C22H33BN4O3S. The normalized spacial score (nSPS) is 18.5. The minimum absolute atomic E-state index is 0. The smallest absolute Gasteiger partial charge is 0.267 e. The quantitative estimate of drug-likeness (QED) is 0.315. The van der Waals surface area contributed by atoms with Gasteiger partial charge in [-0.25, -0.2) is 5.26 Å². The lowest BCUT2D eigenvalue weighted by Crippen LogP contribution is -2.51. The third kappa shape index (κ3) is 6.26. The number of imide groups is 1. The number of nitrogens with zero attached hydrogens (tertiary/aromatic N) is 3. The Balaban J connectivity index is 0.00000156. The number of rotatable bonds is 5. The minimum atomic E-state index is -0.451. The summed E-state index contributed by atoms with van der Waals surface area (Å²) in [6, 6.07) is 5.57. The molecule has 3 rings (SSSR count). The first kappa shape index (κ1) is 26.6. The fourth-order valence-electron chi connectivity index (χ4n) is 4.21. The molecule has 1 aromatic rings. The van der Waals surface area contributed by atoms with Crippen LogP contribution in [0.4, 0.5) is 11.4 Å². The molecule has 0 aromatic heterocycles. The molecule has 1 unspecified atom stereocenters. The summed E-state index contributed by atoms with van der Waals surface area (Å²) < 4.78 is 0. The summed E-state index contributed by atoms with van der Waals surface area (Å²) in [5.74, 6) is 2.18. The van der Waals surface area contributed by atoms with Gasteiger partial charge in [-0.3, -0.25) is 19.7 Å². The predicted octanol–water partition coefficient (Wildman–Crippen LogP) is 3.14. The lowest BCUT2D eigenvalue weighted by atomic mass is 9.41. The third-order valence-electron chi connectivity index (χ3n) is 5.98. The molecule has 0 radical (unpaired) electrons. The van der Waals surface area contributed by atoms with Gasteiger partial charge in [-0.05, 0) is 36.3 Å². The number of nitrogens with one attached hydrogen (secondary N) is 1. The van der Waals surface area contributed by atoms with Crippen LogP contribution in [-0.4, -0.2) is 51.3 Å². The van der Waals surface area contributed by atoms with E-state index < -0.39 is 6.04 Å². The van der Waals surface area contributed by atoms with Gasteiger partial charge in [0.25, 0.3) is 6.71 Å². The summed E-state index contributed by atoms with van der Waals surface area (Å²) in [5, 5.41) is 11.5. The summed E-state index contributed by atoms with van der Waals surface area (Å²) in [7, 11) is 3.51. The van der Waals surface area contributed by atoms with Gasteiger partial charge in [-0.15, -0.1) is 0 Å². The van der Waals surface area contributed by atoms with Crippen LogP contribution in [0.3, 0.4) is 0 Å². The first-order chi connectivity index (χ1) is 14.4. The maximum absolute atomic E-state index is 12.3. The van der Waals surface area contributed by atoms with Gasteiger partial charge < -0.3 is 9.80 Å². The highest BCUT2D eigenvalue weighted by molar-refractivity contribution is 7.79. The molecule has 2 aliphatic rings. The molecule has 9 heteroatoms. The van der Waals surface area contributed by atoms with E-state index in [1.807, 2.05) is 24.1 Å². The summed E-state index contributed by atoms with van der Waals surface area (Å²) in [4.78, 5) is 38.5. The highest BCUT2D eigenvalue weighted by atomic mass is 32.1. The summed E-state index contributed by atoms with van der Waals surface area (Å²) in [5.41, 5.74) is 2.67. The molecule has 0 aliphatic carbocycles. The van der Waals surface area contributed by atoms with Gasteiger partial charge in [-0.1, -0.05) is 39.0 Å². The van der Waals surface area contributed by atoms with Crippen molar-refractivity contribution in [2.24, 2.45) is 0 Å². The Labute approximate surface area is 191 Å². The molecule has 2 fully saturated rings. The highest BCUT2D eigenvalue weighted by Crippen LogP contribution is 2.38. The van der Waals surface area contributed by atoms with Gasteiger partial charge in [0.05, 0.1) is 11.4 Å².